The molecule has 0 saturated heterocycles. The number of fused-ring (bicyclic) bond motifs is 1. The van der Waals surface area contributed by atoms with Crippen LogP contribution in [-0.2, 0) is 13.6 Å². The van der Waals surface area contributed by atoms with Crippen LogP contribution >= 0.6 is 7.60 Å². The third-order valence-electron chi connectivity index (χ3n) is 2.88. The molecular formula is C13H16FN2O5P. The maximum absolute atomic E-state index is 14.8. The first kappa shape index (κ1) is 16.6. The van der Waals surface area contributed by atoms with E-state index in [1.807, 2.05) is 0 Å². The summed E-state index contributed by atoms with van der Waals surface area (Å²) in [6, 6.07) is 4.41. The van der Waals surface area contributed by atoms with Crippen molar-refractivity contribution in [3.8, 4) is 0 Å². The summed E-state index contributed by atoms with van der Waals surface area (Å²) in [7, 11) is -4.01. The van der Waals surface area contributed by atoms with E-state index in [0.717, 1.165) is 0 Å². The number of nitrogens with zero attached hydrogens (tertiary/aromatic N) is 2. The van der Waals surface area contributed by atoms with Gasteiger partial charge in [0.05, 0.1) is 18.9 Å². The number of halogens is 1. The smallest absolute Gasteiger partial charge is 0.370 e. The van der Waals surface area contributed by atoms with Crippen molar-refractivity contribution in [1.29, 1.82) is 0 Å². The summed E-state index contributed by atoms with van der Waals surface area (Å²) in [5, 5.41) is 8.97. The topological polar surface area (TPSA) is 90.1 Å². The second-order valence-electron chi connectivity index (χ2n) is 4.32. The molecule has 0 fully saturated rings. The minimum atomic E-state index is -4.01. The first-order valence-electron chi connectivity index (χ1n) is 6.67. The Bertz CT molecular complexity index is 722. The molecule has 2 aromatic rings. The van der Waals surface area contributed by atoms with Gasteiger partial charge in [-0.2, -0.15) is 0 Å². The van der Waals surface area contributed by atoms with E-state index in [4.69, 9.17) is 14.2 Å². The van der Waals surface area contributed by atoms with Gasteiger partial charge in [-0.3, -0.25) is 8.97 Å². The highest BCUT2D eigenvalue weighted by atomic mass is 31.2. The molecule has 0 aliphatic rings. The molecule has 0 aliphatic carbocycles. The largest absolute Gasteiger partial charge is 0.476 e. The van der Waals surface area contributed by atoms with Gasteiger partial charge in [0.25, 0.3) is 0 Å². The van der Waals surface area contributed by atoms with Crippen LogP contribution in [0.3, 0.4) is 0 Å². The molecule has 0 amide bonds. The van der Waals surface area contributed by atoms with Crippen LogP contribution < -0.4 is 0 Å². The quantitative estimate of drug-likeness (QED) is 0.784. The lowest BCUT2D eigenvalue weighted by atomic mass is 10.3. The van der Waals surface area contributed by atoms with E-state index in [-0.39, 0.29) is 30.2 Å². The number of aromatic carboxylic acids is 1. The van der Waals surface area contributed by atoms with Crippen molar-refractivity contribution in [2.75, 3.05) is 13.2 Å². The van der Waals surface area contributed by atoms with Crippen LogP contribution in [0.1, 0.15) is 35.9 Å². The summed E-state index contributed by atoms with van der Waals surface area (Å²) in [4.78, 5) is 14.8. The SMILES string of the molecule is CCOP(=O)(OCC)C(F)c1cccc2nc(C(=O)O)cn12. The molecule has 0 aliphatic heterocycles. The Kier molecular flexibility index (Phi) is 4.95. The zero-order valence-electron chi connectivity index (χ0n) is 12.1. The van der Waals surface area contributed by atoms with Crippen LogP contribution in [-0.4, -0.2) is 33.7 Å². The maximum Gasteiger partial charge on any atom is 0.370 e. The highest BCUT2D eigenvalue weighted by molar-refractivity contribution is 7.54. The van der Waals surface area contributed by atoms with Gasteiger partial charge in [-0.25, -0.2) is 14.2 Å². The lowest BCUT2D eigenvalue weighted by molar-refractivity contribution is 0.0691. The summed E-state index contributed by atoms with van der Waals surface area (Å²) in [6.45, 7) is 3.22. The summed E-state index contributed by atoms with van der Waals surface area (Å²) >= 11 is 0. The molecule has 120 valence electrons. The number of hydrogen-bond donors (Lipinski definition) is 1. The zero-order chi connectivity index (χ0) is 16.3. The normalized spacial score (nSPS) is 13.4. The van der Waals surface area contributed by atoms with Crippen LogP contribution in [0.15, 0.2) is 24.4 Å². The number of carboxylic acids is 1. The fourth-order valence-corrected chi connectivity index (χ4v) is 3.61. The number of aromatic nitrogens is 2. The number of carbonyl (C=O) groups is 1. The lowest BCUT2D eigenvalue weighted by Gasteiger charge is -2.21. The third-order valence-corrected chi connectivity index (χ3v) is 4.94. The molecule has 9 heteroatoms. The van der Waals surface area contributed by atoms with Crippen molar-refractivity contribution < 1.29 is 27.9 Å². The van der Waals surface area contributed by atoms with Gasteiger partial charge >= 0.3 is 13.6 Å². The number of pyridine rings is 1. The molecule has 7 nitrogen and oxygen atoms in total. The van der Waals surface area contributed by atoms with Gasteiger partial charge in [-0.05, 0) is 26.0 Å². The maximum atomic E-state index is 14.8. The van der Waals surface area contributed by atoms with E-state index in [1.165, 1.54) is 28.8 Å². The molecule has 0 saturated carbocycles. The van der Waals surface area contributed by atoms with Crippen LogP contribution in [0.25, 0.3) is 5.65 Å². The van der Waals surface area contributed by atoms with Crippen LogP contribution in [0.4, 0.5) is 4.39 Å². The van der Waals surface area contributed by atoms with Crippen LogP contribution in [0.2, 0.25) is 0 Å². The number of alkyl halides is 1. The first-order chi connectivity index (χ1) is 10.4. The van der Waals surface area contributed by atoms with Gasteiger partial charge in [-0.1, -0.05) is 6.07 Å². The Hall–Kier alpha value is -1.76. The van der Waals surface area contributed by atoms with E-state index in [9.17, 15) is 13.8 Å². The molecule has 1 atom stereocenters. The second kappa shape index (κ2) is 6.56. The summed E-state index contributed by atoms with van der Waals surface area (Å²) < 4.78 is 38.5. The predicted octanol–water partition coefficient (Wildman–Crippen LogP) is 3.27. The molecule has 0 radical (unpaired) electrons. The highest BCUT2D eigenvalue weighted by Gasteiger charge is 2.38. The van der Waals surface area contributed by atoms with Crippen molar-refractivity contribution >= 4 is 19.2 Å². The predicted molar refractivity (Wildman–Crippen MR) is 76.9 cm³/mol. The lowest BCUT2D eigenvalue weighted by Crippen LogP contribution is -2.06. The Morgan fingerprint density at radius 2 is 2.05 bits per heavy atom. The standard InChI is InChI=1S/C13H16FN2O5P/c1-3-20-22(19,21-4-2)12(14)10-6-5-7-11-15-9(13(17)18)8-16(10)11/h5-8,12H,3-4H2,1-2H3,(H,17,18). The van der Waals surface area contributed by atoms with Gasteiger partial charge in [-0.15, -0.1) is 0 Å². The average Bonchev–Trinajstić information content (AvgIpc) is 2.91. The minimum absolute atomic E-state index is 0.0258. The van der Waals surface area contributed by atoms with E-state index in [0.29, 0.717) is 0 Å². The summed E-state index contributed by atoms with van der Waals surface area (Å²) in [5.74, 6) is -3.28. The monoisotopic (exact) mass is 330 g/mol. The van der Waals surface area contributed by atoms with Gasteiger partial charge in [0.1, 0.15) is 5.65 Å². The van der Waals surface area contributed by atoms with Gasteiger partial charge < -0.3 is 14.2 Å². The molecule has 22 heavy (non-hydrogen) atoms. The number of imidazole rings is 1. The minimum Gasteiger partial charge on any atom is -0.476 e. The molecule has 2 heterocycles. The molecule has 0 aromatic carbocycles. The van der Waals surface area contributed by atoms with Crippen molar-refractivity contribution in [3.63, 3.8) is 0 Å². The van der Waals surface area contributed by atoms with E-state index >= 15 is 0 Å². The van der Waals surface area contributed by atoms with Gasteiger partial charge in [0.2, 0.25) is 5.91 Å². The summed E-state index contributed by atoms with van der Waals surface area (Å²) in [5.41, 5.74) is -0.0397. The van der Waals surface area contributed by atoms with Crippen molar-refractivity contribution in [2.45, 2.75) is 19.8 Å². The third kappa shape index (κ3) is 3.04. The first-order valence-corrected chi connectivity index (χ1v) is 8.28. The highest BCUT2D eigenvalue weighted by Crippen LogP contribution is 2.61. The fraction of sp³-hybridized carbons (Fsp3) is 0.385. The van der Waals surface area contributed by atoms with Crippen molar-refractivity contribution in [2.24, 2.45) is 0 Å². The average molecular weight is 330 g/mol. The Morgan fingerprint density at radius 3 is 2.59 bits per heavy atom. The Labute approximate surface area is 126 Å². The molecule has 2 aromatic heterocycles. The van der Waals surface area contributed by atoms with Crippen LogP contribution in [0.5, 0.6) is 0 Å². The van der Waals surface area contributed by atoms with Gasteiger partial charge in [0.15, 0.2) is 5.69 Å². The van der Waals surface area contributed by atoms with Crippen molar-refractivity contribution in [3.05, 3.63) is 35.8 Å². The van der Waals surface area contributed by atoms with E-state index in [1.54, 1.807) is 13.8 Å². The molecule has 1 N–H and O–H groups in total. The summed E-state index contributed by atoms with van der Waals surface area (Å²) in [6.07, 6.45) is 1.17. The molecule has 1 unspecified atom stereocenters. The van der Waals surface area contributed by atoms with E-state index < -0.39 is 19.5 Å². The number of hydrogen-bond acceptors (Lipinski definition) is 5. The molecule has 0 bridgehead atoms. The molecular weight excluding hydrogens is 314 g/mol. The van der Waals surface area contributed by atoms with Crippen molar-refractivity contribution in [1.82, 2.24) is 9.38 Å². The molecule has 0 spiro atoms. The Balaban J connectivity index is 2.53. The number of carboxylic acid groups (broad SMARTS) is 1. The zero-order valence-corrected chi connectivity index (χ0v) is 13.0. The fourth-order valence-electron chi connectivity index (χ4n) is 2.02. The Morgan fingerprint density at radius 1 is 1.41 bits per heavy atom. The van der Waals surface area contributed by atoms with Gasteiger partial charge in [0, 0.05) is 6.20 Å². The number of rotatable bonds is 7. The van der Waals surface area contributed by atoms with Crippen LogP contribution in [0, 0.1) is 0 Å². The van der Waals surface area contributed by atoms with E-state index in [2.05, 4.69) is 4.98 Å². The molecule has 2 rings (SSSR count). The second-order valence-corrected chi connectivity index (χ2v) is 6.37.